The Morgan fingerprint density at radius 3 is 1.19 bits per heavy atom. The third-order valence-electron chi connectivity index (χ3n) is 12.3. The second-order valence-electron chi connectivity index (χ2n) is 15.3. The van der Waals surface area contributed by atoms with Crippen LogP contribution in [0, 0.1) is 27.7 Å². The van der Waals surface area contributed by atoms with Crippen LogP contribution in [0.4, 0.5) is 0 Å². The molecule has 6 aromatic carbocycles. The summed E-state index contributed by atoms with van der Waals surface area (Å²) in [7, 11) is 17.9. The molecular formula is C48H45Cl2HfSi. The topological polar surface area (TPSA) is 0 Å². The number of hydrogen-bond acceptors (Lipinski definition) is 0. The first-order valence-corrected chi connectivity index (χ1v) is 40.7. The van der Waals surface area contributed by atoms with Gasteiger partial charge in [0, 0.05) is 0 Å². The Hall–Kier alpha value is -3.53. The normalized spacial score (nSPS) is 17.3. The van der Waals surface area contributed by atoms with E-state index in [-0.39, 0.29) is 7.35 Å². The van der Waals surface area contributed by atoms with Crippen molar-refractivity contribution in [1.82, 2.24) is 0 Å². The molecule has 0 nitrogen and oxygen atoms in total. The van der Waals surface area contributed by atoms with Crippen LogP contribution in [0.2, 0.25) is 13.1 Å². The molecule has 4 heteroatoms. The predicted molar refractivity (Wildman–Crippen MR) is 227 cm³/mol. The van der Waals surface area contributed by atoms with E-state index in [0.29, 0.717) is 0 Å². The fraction of sp³-hybridized carbons (Fsp3) is 0.167. The van der Waals surface area contributed by atoms with E-state index in [2.05, 4.69) is 186 Å². The molecule has 0 bridgehead atoms. The van der Waals surface area contributed by atoms with Crippen molar-refractivity contribution in [1.29, 1.82) is 0 Å². The van der Waals surface area contributed by atoms with Gasteiger partial charge in [-0.1, -0.05) is 0 Å². The molecule has 2 aliphatic carbocycles. The fourth-order valence-corrected chi connectivity index (χ4v) is 51.8. The van der Waals surface area contributed by atoms with E-state index in [0.717, 1.165) is 0 Å². The summed E-state index contributed by atoms with van der Waals surface area (Å²) in [4.78, 5) is 0. The molecule has 0 spiro atoms. The first-order valence-electron chi connectivity index (χ1n) is 18.5. The summed E-state index contributed by atoms with van der Waals surface area (Å²) >= 11 is -5.34. The second-order valence-corrected chi connectivity index (χ2v) is 74.6. The number of benzene rings is 6. The average molecular weight is 899 g/mol. The van der Waals surface area contributed by atoms with Gasteiger partial charge in [0.05, 0.1) is 0 Å². The molecule has 2 aliphatic rings. The minimum atomic E-state index is -5.34. The number of fused-ring (bicyclic) bond motifs is 2. The maximum atomic E-state index is 8.96. The summed E-state index contributed by atoms with van der Waals surface area (Å²) < 4.78 is -0.135. The summed E-state index contributed by atoms with van der Waals surface area (Å²) in [5.41, 5.74) is 20.4. The zero-order valence-electron chi connectivity index (χ0n) is 30.8. The summed E-state index contributed by atoms with van der Waals surface area (Å²) in [6.45, 7) is 13.8. The van der Waals surface area contributed by atoms with Gasteiger partial charge in [-0.3, -0.25) is 0 Å². The van der Waals surface area contributed by atoms with Crippen molar-refractivity contribution >= 4 is 46.4 Å². The van der Waals surface area contributed by atoms with Gasteiger partial charge in [0.15, 0.2) is 0 Å². The van der Waals surface area contributed by atoms with E-state index in [4.69, 9.17) is 17.2 Å². The Balaban J connectivity index is 1.44. The van der Waals surface area contributed by atoms with Gasteiger partial charge in [0.1, 0.15) is 0 Å². The second kappa shape index (κ2) is 13.4. The van der Waals surface area contributed by atoms with Crippen LogP contribution in [0.5, 0.6) is 0 Å². The fourth-order valence-electron chi connectivity index (χ4n) is 9.14. The van der Waals surface area contributed by atoms with Crippen molar-refractivity contribution in [3.63, 3.8) is 0 Å². The maximum absolute atomic E-state index is 8.96. The molecule has 0 aromatic heterocycles. The van der Waals surface area contributed by atoms with Crippen LogP contribution in [0.3, 0.4) is 0 Å². The molecule has 0 saturated carbocycles. The third-order valence-corrected chi connectivity index (χ3v) is 84.7. The van der Waals surface area contributed by atoms with Crippen LogP contribution in [0.15, 0.2) is 133 Å². The minimum absolute atomic E-state index is 0.0677. The molecule has 2 unspecified atom stereocenters. The van der Waals surface area contributed by atoms with Crippen LogP contribution in [-0.4, -0.2) is 5.98 Å². The molecule has 52 heavy (non-hydrogen) atoms. The molecule has 0 amide bonds. The molecule has 2 atom stereocenters. The van der Waals surface area contributed by atoms with Crippen LogP contribution < -0.4 is 0 Å². The van der Waals surface area contributed by atoms with Crippen LogP contribution in [-0.2, 0) is 15.3 Å². The summed E-state index contributed by atoms with van der Waals surface area (Å²) in [6, 6.07) is 48.9. The Morgan fingerprint density at radius 2 is 0.808 bits per heavy atom. The Labute approximate surface area is 318 Å². The molecule has 0 fully saturated rings. The van der Waals surface area contributed by atoms with Crippen LogP contribution in [0.1, 0.15) is 63.0 Å². The van der Waals surface area contributed by atoms with Crippen LogP contribution >= 0.6 is 17.2 Å². The number of halogens is 2. The molecule has 0 aliphatic heterocycles. The van der Waals surface area contributed by atoms with Gasteiger partial charge in [-0.25, -0.2) is 0 Å². The first-order chi connectivity index (χ1) is 25.0. The van der Waals surface area contributed by atoms with Gasteiger partial charge in [-0.15, -0.1) is 0 Å². The first kappa shape index (κ1) is 35.5. The molecule has 0 heterocycles. The van der Waals surface area contributed by atoms with Crippen molar-refractivity contribution in [3.05, 3.63) is 189 Å². The Bertz CT molecular complexity index is 2260. The number of aryl methyl sites for hydroxylation is 2. The standard InChI is InChI=1S/2C23H19.C2H7Si.2ClH.Hf/c2*1-16-8-6-12-21(17(16)2)22-13-7-11-19-14-20(15-23(19)22)18-9-4-3-5-10-18;1-3-2;;;/h2*3-15H,1-2H3;3H,1-2H3;2*1H;/q;;;;;+2/p-2. The third kappa shape index (κ3) is 5.47. The van der Waals surface area contributed by atoms with Crippen molar-refractivity contribution in [2.75, 3.05) is 0 Å². The van der Waals surface area contributed by atoms with Crippen LogP contribution in [0.25, 0.3) is 45.6 Å². The van der Waals surface area contributed by atoms with Crippen molar-refractivity contribution < 1.29 is 15.3 Å². The molecular weight excluding hydrogens is 854 g/mol. The summed E-state index contributed by atoms with van der Waals surface area (Å²) in [5, 5.41) is 0. The van der Waals surface area contributed by atoms with Gasteiger partial charge in [-0.05, 0) is 0 Å². The van der Waals surface area contributed by atoms with Gasteiger partial charge in [-0.2, -0.15) is 0 Å². The van der Waals surface area contributed by atoms with E-state index in [1.54, 1.807) is 0 Å². The number of rotatable bonds is 7. The zero-order chi connectivity index (χ0) is 36.4. The molecule has 259 valence electrons. The molecule has 6 aromatic rings. The zero-order valence-corrected chi connectivity index (χ0v) is 37.1. The van der Waals surface area contributed by atoms with E-state index < -0.39 is 21.3 Å². The number of hydrogen-bond donors (Lipinski definition) is 0. The van der Waals surface area contributed by atoms with Gasteiger partial charge >= 0.3 is 321 Å². The van der Waals surface area contributed by atoms with E-state index in [1.165, 1.54) is 89.0 Å². The van der Waals surface area contributed by atoms with E-state index in [9.17, 15) is 0 Å². The number of allylic oxidation sites excluding steroid dienone is 2. The predicted octanol–water partition coefficient (Wildman–Crippen LogP) is 14.1. The summed E-state index contributed by atoms with van der Waals surface area (Å²) in [5.74, 6) is -1.81. The summed E-state index contributed by atoms with van der Waals surface area (Å²) in [6.07, 6.45) is 4.91. The molecule has 0 radical (unpaired) electrons. The Kier molecular flexibility index (Phi) is 9.14. The molecule has 0 N–H and O–H groups in total. The van der Waals surface area contributed by atoms with E-state index >= 15 is 0 Å². The van der Waals surface area contributed by atoms with Gasteiger partial charge in [0.25, 0.3) is 0 Å². The van der Waals surface area contributed by atoms with Crippen molar-refractivity contribution in [2.24, 2.45) is 0 Å². The van der Waals surface area contributed by atoms with Crippen molar-refractivity contribution in [3.8, 4) is 22.3 Å². The molecule has 8 rings (SSSR count). The SMILES string of the molecule is Cc1cccc(-c2cccc3c2C=C(c2ccccc2)[CH]3[Hf]([Cl])([Cl])([CH]2C(c3ccccc3)=Cc3c(-c4cccc(C)c4C)cccc32)[SiH](C)C)c1C. The van der Waals surface area contributed by atoms with Crippen molar-refractivity contribution in [2.45, 2.75) is 48.1 Å². The van der Waals surface area contributed by atoms with E-state index in [1.807, 2.05) is 0 Å². The average Bonchev–Trinajstić information content (AvgIpc) is 3.76. The van der Waals surface area contributed by atoms with Gasteiger partial charge in [0.2, 0.25) is 0 Å². The Morgan fingerprint density at radius 1 is 0.442 bits per heavy atom. The molecule has 0 saturated heterocycles. The van der Waals surface area contributed by atoms with Gasteiger partial charge < -0.3 is 0 Å². The monoisotopic (exact) mass is 899 g/mol. The quantitative estimate of drug-likeness (QED) is 0.140.